The van der Waals surface area contributed by atoms with Crippen LogP contribution in [0.4, 0.5) is 0 Å². The molecule has 0 radical (unpaired) electrons. The molecule has 0 aromatic carbocycles. The Bertz CT molecular complexity index is 475. The summed E-state index contributed by atoms with van der Waals surface area (Å²) in [5, 5.41) is 25.2. The number of hydrogen-bond acceptors (Lipinski definition) is 5. The van der Waals surface area contributed by atoms with Crippen LogP contribution in [0.5, 0.6) is 0 Å². The van der Waals surface area contributed by atoms with E-state index in [1.54, 1.807) is 6.07 Å². The molecule has 8 nitrogen and oxygen atoms in total. The molecule has 1 aliphatic rings. The Labute approximate surface area is 122 Å². The maximum atomic E-state index is 11.8. The average Bonchev–Trinajstić information content (AvgIpc) is 2.48. The summed E-state index contributed by atoms with van der Waals surface area (Å²) in [5.74, 6) is -2.10. The number of aliphatic carboxylic acids is 1. The largest absolute Gasteiger partial charge is 0.481 e. The molecule has 1 heterocycles. The lowest BCUT2D eigenvalue weighted by molar-refractivity contribution is -0.136. The molecule has 4 N–H and O–H groups in total. The van der Waals surface area contributed by atoms with E-state index in [0.717, 1.165) is 19.3 Å². The minimum absolute atomic E-state index is 0.0740. The number of carbonyl (C=O) groups excluding carboxylic acids is 2. The highest BCUT2D eigenvalue weighted by Crippen LogP contribution is 2.11. The van der Waals surface area contributed by atoms with Gasteiger partial charge in [0.1, 0.15) is 11.6 Å². The van der Waals surface area contributed by atoms with Crippen LogP contribution in [0.15, 0.2) is 11.8 Å². The molecule has 0 bridgehead atoms. The Kier molecular flexibility index (Phi) is 6.91. The van der Waals surface area contributed by atoms with Crippen LogP contribution < -0.4 is 16.0 Å². The van der Waals surface area contributed by atoms with Gasteiger partial charge in [-0.05, 0) is 25.9 Å². The SMILES string of the molecule is N#C/C(=C/NC(=O)C1CCNCC1)C(=O)NCCC(=O)O. The van der Waals surface area contributed by atoms with E-state index in [4.69, 9.17) is 10.4 Å². The minimum Gasteiger partial charge on any atom is -0.481 e. The molecule has 1 rings (SSSR count). The first-order chi connectivity index (χ1) is 10.0. The molecule has 1 aliphatic heterocycles. The van der Waals surface area contributed by atoms with Crippen molar-refractivity contribution in [3.05, 3.63) is 11.8 Å². The van der Waals surface area contributed by atoms with E-state index in [9.17, 15) is 14.4 Å². The van der Waals surface area contributed by atoms with Crippen LogP contribution in [0.3, 0.4) is 0 Å². The summed E-state index contributed by atoms with van der Waals surface area (Å²) in [5.41, 5.74) is -0.261. The van der Waals surface area contributed by atoms with E-state index >= 15 is 0 Å². The zero-order valence-electron chi connectivity index (χ0n) is 11.5. The fraction of sp³-hybridized carbons (Fsp3) is 0.538. The zero-order chi connectivity index (χ0) is 15.7. The summed E-state index contributed by atoms with van der Waals surface area (Å²) in [7, 11) is 0. The third-order valence-electron chi connectivity index (χ3n) is 3.06. The molecule has 0 atom stereocenters. The number of nitrogens with zero attached hydrogens (tertiary/aromatic N) is 1. The zero-order valence-corrected chi connectivity index (χ0v) is 11.5. The van der Waals surface area contributed by atoms with E-state index < -0.39 is 11.9 Å². The molecule has 2 amide bonds. The molecule has 114 valence electrons. The van der Waals surface area contributed by atoms with Crippen LogP contribution in [0.2, 0.25) is 0 Å². The number of piperidine rings is 1. The predicted molar refractivity (Wildman–Crippen MR) is 72.7 cm³/mol. The van der Waals surface area contributed by atoms with Crippen molar-refractivity contribution in [1.82, 2.24) is 16.0 Å². The predicted octanol–water partition coefficient (Wildman–Crippen LogP) is -0.899. The van der Waals surface area contributed by atoms with E-state index in [1.165, 1.54) is 0 Å². The number of carbonyl (C=O) groups is 3. The molecule has 21 heavy (non-hydrogen) atoms. The Morgan fingerprint density at radius 1 is 1.33 bits per heavy atom. The molecule has 0 aromatic rings. The molecule has 1 saturated heterocycles. The van der Waals surface area contributed by atoms with Crippen molar-refractivity contribution in [2.45, 2.75) is 19.3 Å². The second-order valence-corrected chi connectivity index (χ2v) is 4.60. The maximum absolute atomic E-state index is 11.8. The first kappa shape index (κ1) is 16.7. The fourth-order valence-corrected chi connectivity index (χ4v) is 1.87. The van der Waals surface area contributed by atoms with Gasteiger partial charge in [-0.3, -0.25) is 14.4 Å². The van der Waals surface area contributed by atoms with Crippen molar-refractivity contribution >= 4 is 17.8 Å². The van der Waals surface area contributed by atoms with E-state index in [2.05, 4.69) is 16.0 Å². The molecule has 0 aromatic heterocycles. The summed E-state index contributed by atoms with van der Waals surface area (Å²) >= 11 is 0. The van der Waals surface area contributed by atoms with Gasteiger partial charge in [0.05, 0.1) is 6.42 Å². The van der Waals surface area contributed by atoms with Crippen LogP contribution in [-0.4, -0.2) is 42.5 Å². The van der Waals surface area contributed by atoms with Crippen LogP contribution in [0.1, 0.15) is 19.3 Å². The highest BCUT2D eigenvalue weighted by atomic mass is 16.4. The van der Waals surface area contributed by atoms with Gasteiger partial charge < -0.3 is 21.1 Å². The number of carboxylic acid groups (broad SMARTS) is 1. The number of carboxylic acids is 1. The van der Waals surface area contributed by atoms with Gasteiger partial charge in [0, 0.05) is 18.7 Å². The summed E-state index contributed by atoms with van der Waals surface area (Å²) in [6.07, 6.45) is 2.27. The van der Waals surface area contributed by atoms with E-state index in [1.807, 2.05) is 0 Å². The van der Waals surface area contributed by atoms with Crippen LogP contribution in [-0.2, 0) is 14.4 Å². The van der Waals surface area contributed by atoms with Crippen molar-refractivity contribution in [1.29, 1.82) is 5.26 Å². The second kappa shape index (κ2) is 8.71. The lowest BCUT2D eigenvalue weighted by atomic mass is 9.97. The lowest BCUT2D eigenvalue weighted by Crippen LogP contribution is -2.37. The summed E-state index contributed by atoms with van der Waals surface area (Å²) in [4.78, 5) is 33.7. The highest BCUT2D eigenvalue weighted by molar-refractivity contribution is 5.97. The molecule has 0 aliphatic carbocycles. The molecule has 0 saturated carbocycles. The molecule has 0 unspecified atom stereocenters. The number of rotatable bonds is 6. The van der Waals surface area contributed by atoms with Crippen molar-refractivity contribution in [2.75, 3.05) is 19.6 Å². The molecular formula is C13H18N4O4. The molecule has 1 fully saturated rings. The quantitative estimate of drug-likeness (QED) is 0.371. The Morgan fingerprint density at radius 3 is 2.57 bits per heavy atom. The molecule has 8 heteroatoms. The van der Waals surface area contributed by atoms with E-state index in [0.29, 0.717) is 12.8 Å². The summed E-state index contributed by atoms with van der Waals surface area (Å²) in [6, 6.07) is 1.67. The monoisotopic (exact) mass is 294 g/mol. The van der Waals surface area contributed by atoms with Gasteiger partial charge in [0.25, 0.3) is 5.91 Å². The first-order valence-electron chi connectivity index (χ1n) is 6.66. The third-order valence-corrected chi connectivity index (χ3v) is 3.06. The number of hydrogen-bond donors (Lipinski definition) is 4. The van der Waals surface area contributed by atoms with Crippen LogP contribution in [0, 0.1) is 17.2 Å². The second-order valence-electron chi connectivity index (χ2n) is 4.60. The standard InChI is InChI=1S/C13H18N4O4/c14-7-10(13(21)16-6-3-11(18)19)8-17-12(20)9-1-4-15-5-2-9/h8-9,15H,1-6H2,(H,16,21)(H,17,20)(H,18,19)/b10-8-. The number of nitriles is 1. The van der Waals surface area contributed by atoms with Crippen molar-refractivity contribution in [3.63, 3.8) is 0 Å². The average molecular weight is 294 g/mol. The maximum Gasteiger partial charge on any atom is 0.305 e. The smallest absolute Gasteiger partial charge is 0.305 e. The van der Waals surface area contributed by atoms with E-state index in [-0.39, 0.29) is 30.4 Å². The Morgan fingerprint density at radius 2 is 2.00 bits per heavy atom. The summed E-state index contributed by atoms with van der Waals surface area (Å²) in [6.45, 7) is 1.46. The molecule has 0 spiro atoms. The third kappa shape index (κ3) is 6.05. The van der Waals surface area contributed by atoms with Crippen molar-refractivity contribution in [2.24, 2.45) is 5.92 Å². The number of amides is 2. The normalized spacial score (nSPS) is 15.9. The Hall–Kier alpha value is -2.40. The van der Waals surface area contributed by atoms with Gasteiger partial charge in [-0.2, -0.15) is 5.26 Å². The topological polar surface area (TPSA) is 131 Å². The van der Waals surface area contributed by atoms with Crippen molar-refractivity contribution < 1.29 is 19.5 Å². The van der Waals surface area contributed by atoms with Gasteiger partial charge in [-0.25, -0.2) is 0 Å². The molecular weight excluding hydrogens is 276 g/mol. The van der Waals surface area contributed by atoms with Gasteiger partial charge >= 0.3 is 5.97 Å². The van der Waals surface area contributed by atoms with Gasteiger partial charge in [0.2, 0.25) is 5.91 Å². The highest BCUT2D eigenvalue weighted by Gasteiger charge is 2.20. The lowest BCUT2D eigenvalue weighted by Gasteiger charge is -2.20. The number of nitrogens with one attached hydrogen (secondary N) is 3. The van der Waals surface area contributed by atoms with Gasteiger partial charge in [-0.1, -0.05) is 0 Å². The minimum atomic E-state index is -1.04. The van der Waals surface area contributed by atoms with Crippen molar-refractivity contribution in [3.8, 4) is 6.07 Å². The van der Waals surface area contributed by atoms with Gasteiger partial charge in [-0.15, -0.1) is 0 Å². The van der Waals surface area contributed by atoms with Crippen LogP contribution >= 0.6 is 0 Å². The summed E-state index contributed by atoms with van der Waals surface area (Å²) < 4.78 is 0. The van der Waals surface area contributed by atoms with Gasteiger partial charge in [0.15, 0.2) is 0 Å². The van der Waals surface area contributed by atoms with Crippen LogP contribution in [0.25, 0.3) is 0 Å². The Balaban J connectivity index is 2.46. The first-order valence-corrected chi connectivity index (χ1v) is 6.66. The fourth-order valence-electron chi connectivity index (χ4n) is 1.87.